The van der Waals surface area contributed by atoms with Crippen molar-refractivity contribution in [1.82, 2.24) is 9.34 Å². The fourth-order valence-electron chi connectivity index (χ4n) is 2.13. The van der Waals surface area contributed by atoms with E-state index in [0.717, 1.165) is 11.8 Å². The van der Waals surface area contributed by atoms with E-state index in [0.29, 0.717) is 0 Å². The third-order valence-corrected chi connectivity index (χ3v) is 10.2. The summed E-state index contributed by atoms with van der Waals surface area (Å²) in [6.45, 7) is 12.0. The Labute approximate surface area is 123 Å². The van der Waals surface area contributed by atoms with Crippen molar-refractivity contribution in [2.45, 2.75) is 26.7 Å². The maximum absolute atomic E-state index is 5.75. The van der Waals surface area contributed by atoms with Crippen molar-refractivity contribution in [1.29, 1.82) is 0 Å². The molecular weight excluding hydrogens is 298 g/mol. The molecule has 18 heavy (non-hydrogen) atoms. The van der Waals surface area contributed by atoms with Crippen molar-refractivity contribution in [2.75, 3.05) is 50.5 Å². The Bertz CT molecular complexity index is 242. The lowest BCUT2D eigenvalue weighted by Gasteiger charge is -2.28. The Balaban J connectivity index is 2.69. The van der Waals surface area contributed by atoms with Gasteiger partial charge in [-0.05, 0) is 65.8 Å². The lowest BCUT2D eigenvalue weighted by molar-refractivity contribution is 0.512. The summed E-state index contributed by atoms with van der Waals surface area (Å²) in [6, 6.07) is 0. The highest BCUT2D eigenvalue weighted by Gasteiger charge is 2.22. The van der Waals surface area contributed by atoms with Crippen LogP contribution in [0.2, 0.25) is 0 Å². The van der Waals surface area contributed by atoms with Crippen LogP contribution in [-0.4, -0.2) is 59.8 Å². The fourth-order valence-corrected chi connectivity index (χ4v) is 10.7. The molecule has 1 heterocycles. The zero-order chi connectivity index (χ0) is 13.5. The van der Waals surface area contributed by atoms with Gasteiger partial charge in [-0.2, -0.15) is 0 Å². The van der Waals surface area contributed by atoms with Gasteiger partial charge in [-0.3, -0.25) is 9.34 Å². The molecule has 6 heteroatoms. The molecular formula is C12H28N2P2S2. The van der Waals surface area contributed by atoms with Gasteiger partial charge in [-0.15, -0.1) is 0 Å². The average Bonchev–Trinajstić information content (AvgIpc) is 2.37. The molecule has 1 rings (SSSR count). The molecule has 0 bridgehead atoms. The largest absolute Gasteiger partial charge is 0.272 e. The van der Waals surface area contributed by atoms with Gasteiger partial charge in [0.2, 0.25) is 0 Å². The summed E-state index contributed by atoms with van der Waals surface area (Å²) in [5, 5.41) is 0. The average molecular weight is 326 g/mol. The minimum atomic E-state index is 0.0599. The minimum Gasteiger partial charge on any atom is -0.272 e. The lowest BCUT2D eigenvalue weighted by atomic mass is 10.5. The first-order valence-corrected chi connectivity index (χ1v) is 13.2. The Morgan fingerprint density at radius 2 is 1.33 bits per heavy atom. The third kappa shape index (κ3) is 5.77. The van der Waals surface area contributed by atoms with Crippen LogP contribution in [0.1, 0.15) is 26.7 Å². The summed E-state index contributed by atoms with van der Waals surface area (Å²) >= 11 is 5.75. The van der Waals surface area contributed by atoms with Crippen LogP contribution < -0.4 is 0 Å². The molecule has 2 unspecified atom stereocenters. The summed E-state index contributed by atoms with van der Waals surface area (Å²) < 4.78 is 5.40. The Hall–Kier alpha value is 1.35. The zero-order valence-corrected chi connectivity index (χ0v) is 15.7. The maximum atomic E-state index is 5.75. The summed E-state index contributed by atoms with van der Waals surface area (Å²) in [4.78, 5) is 0. The molecule has 1 aliphatic heterocycles. The van der Waals surface area contributed by atoms with Gasteiger partial charge in [0.15, 0.2) is 0 Å². The number of rotatable bonds is 4. The van der Waals surface area contributed by atoms with Gasteiger partial charge in [0.25, 0.3) is 0 Å². The van der Waals surface area contributed by atoms with E-state index in [1.54, 1.807) is 0 Å². The van der Waals surface area contributed by atoms with Crippen LogP contribution in [0.3, 0.4) is 0 Å². The van der Waals surface area contributed by atoms with E-state index >= 15 is 0 Å². The molecule has 0 aromatic rings. The molecule has 1 aliphatic rings. The Morgan fingerprint density at radius 3 is 1.67 bits per heavy atom. The Kier molecular flexibility index (Phi) is 9.01. The van der Waals surface area contributed by atoms with Gasteiger partial charge in [0.05, 0.1) is 11.8 Å². The molecule has 0 radical (unpaired) electrons. The SMILES string of the molecule is CCCN1CS(=S)CN(CCC)P(C)CCP1C. The minimum absolute atomic E-state index is 0.0599. The third-order valence-electron chi connectivity index (χ3n) is 3.26. The standard InChI is InChI=1S/C12H28N2P2S2/c1-5-7-13-11-18(17)12-14(8-6-2)16(4)10-9-15(13)3/h5-12H2,1-4H3. The van der Waals surface area contributed by atoms with Gasteiger partial charge in [-0.25, -0.2) is 0 Å². The summed E-state index contributed by atoms with van der Waals surface area (Å²) in [5.41, 5.74) is 0. The highest BCUT2D eigenvalue weighted by molar-refractivity contribution is 8.28. The topological polar surface area (TPSA) is 6.48 Å². The van der Waals surface area contributed by atoms with E-state index in [4.69, 9.17) is 11.2 Å². The van der Waals surface area contributed by atoms with Gasteiger partial charge in [0, 0.05) is 13.1 Å². The molecule has 0 amide bonds. The summed E-state index contributed by atoms with van der Waals surface area (Å²) in [5.74, 6) is 2.32. The van der Waals surface area contributed by atoms with E-state index in [1.807, 2.05) is 0 Å². The molecule has 0 spiro atoms. The normalized spacial score (nSPS) is 32.8. The highest BCUT2D eigenvalue weighted by atomic mass is 32.8. The van der Waals surface area contributed by atoms with E-state index in [1.165, 1.54) is 38.3 Å². The predicted molar refractivity (Wildman–Crippen MR) is 93.9 cm³/mol. The van der Waals surface area contributed by atoms with Crippen molar-refractivity contribution < 1.29 is 0 Å². The number of nitrogens with zero attached hydrogens (tertiary/aromatic N) is 2. The fraction of sp³-hybridized carbons (Fsp3) is 1.00. The van der Waals surface area contributed by atoms with Crippen molar-refractivity contribution in [2.24, 2.45) is 0 Å². The van der Waals surface area contributed by atoms with Gasteiger partial charge < -0.3 is 0 Å². The van der Waals surface area contributed by atoms with Crippen LogP contribution >= 0.6 is 16.1 Å². The van der Waals surface area contributed by atoms with Gasteiger partial charge in [-0.1, -0.05) is 23.3 Å². The van der Waals surface area contributed by atoms with E-state index < -0.39 is 0 Å². The first kappa shape index (κ1) is 17.4. The summed E-state index contributed by atoms with van der Waals surface area (Å²) in [6.07, 6.45) is 5.34. The molecule has 0 saturated carbocycles. The van der Waals surface area contributed by atoms with Crippen molar-refractivity contribution in [3.05, 3.63) is 0 Å². The van der Waals surface area contributed by atoms with Crippen LogP contribution in [0.25, 0.3) is 0 Å². The van der Waals surface area contributed by atoms with E-state index in [2.05, 4.69) is 36.5 Å². The van der Waals surface area contributed by atoms with Crippen molar-refractivity contribution >= 4 is 36.8 Å². The molecule has 0 aliphatic carbocycles. The molecule has 0 N–H and O–H groups in total. The van der Waals surface area contributed by atoms with E-state index in [9.17, 15) is 0 Å². The lowest BCUT2D eigenvalue weighted by Crippen LogP contribution is -2.28. The first-order chi connectivity index (χ1) is 8.58. The smallest absolute Gasteiger partial charge is 0.0539 e. The molecule has 2 atom stereocenters. The number of hydrogen-bond acceptors (Lipinski definition) is 3. The molecule has 0 aromatic heterocycles. The van der Waals surface area contributed by atoms with Crippen molar-refractivity contribution in [3.8, 4) is 0 Å². The monoisotopic (exact) mass is 326 g/mol. The molecule has 1 fully saturated rings. The molecule has 2 nitrogen and oxygen atoms in total. The second kappa shape index (κ2) is 9.32. The highest BCUT2D eigenvalue weighted by Crippen LogP contribution is 2.45. The summed E-state index contributed by atoms with van der Waals surface area (Å²) in [7, 11) is 0.253. The van der Waals surface area contributed by atoms with Crippen LogP contribution in [0.4, 0.5) is 0 Å². The molecule has 108 valence electrons. The Morgan fingerprint density at radius 1 is 0.944 bits per heavy atom. The molecule has 1 saturated heterocycles. The van der Waals surface area contributed by atoms with Gasteiger partial charge in [0.1, 0.15) is 0 Å². The zero-order valence-electron chi connectivity index (χ0n) is 12.3. The van der Waals surface area contributed by atoms with E-state index in [-0.39, 0.29) is 25.6 Å². The van der Waals surface area contributed by atoms with Crippen LogP contribution in [-0.2, 0) is 20.6 Å². The van der Waals surface area contributed by atoms with Crippen LogP contribution in [0, 0.1) is 0 Å². The molecule has 0 aromatic carbocycles. The van der Waals surface area contributed by atoms with Gasteiger partial charge >= 0.3 is 0 Å². The van der Waals surface area contributed by atoms with Crippen LogP contribution in [0.15, 0.2) is 0 Å². The van der Waals surface area contributed by atoms with Crippen LogP contribution in [0.5, 0.6) is 0 Å². The first-order valence-electron chi connectivity index (χ1n) is 6.85. The number of hydrogen-bond donors (Lipinski definition) is 0. The second-order valence-electron chi connectivity index (χ2n) is 4.92. The second-order valence-corrected chi connectivity index (χ2v) is 12.4. The maximum Gasteiger partial charge on any atom is 0.0539 e. The predicted octanol–water partition coefficient (Wildman–Crippen LogP) is 3.47. The quantitative estimate of drug-likeness (QED) is 0.731. The van der Waals surface area contributed by atoms with Crippen molar-refractivity contribution in [3.63, 3.8) is 0 Å².